The molecule has 0 N–H and O–H groups in total. The van der Waals surface area contributed by atoms with E-state index in [9.17, 15) is 13.2 Å². The normalized spacial score (nSPS) is 11.4. The molecule has 1 heterocycles. The summed E-state index contributed by atoms with van der Waals surface area (Å²) in [6.45, 7) is -0.0523. The van der Waals surface area contributed by atoms with E-state index in [0.29, 0.717) is 11.4 Å². The number of rotatable bonds is 4. The van der Waals surface area contributed by atoms with Gasteiger partial charge in [-0.1, -0.05) is 18.2 Å². The number of hydrogen-bond donors (Lipinski definition) is 0. The number of nitrogens with zero attached hydrogens (tertiary/aromatic N) is 2. The largest absolute Gasteiger partial charge is 0.573 e. The highest BCUT2D eigenvalue weighted by atomic mass is 19.4. The minimum absolute atomic E-state index is 0.0523. The Morgan fingerprint density at radius 3 is 2.58 bits per heavy atom. The van der Waals surface area contributed by atoms with Crippen LogP contribution in [0.15, 0.2) is 36.5 Å². The van der Waals surface area contributed by atoms with E-state index in [1.54, 1.807) is 25.4 Å². The number of halogens is 3. The van der Waals surface area contributed by atoms with Gasteiger partial charge in [0.25, 0.3) is 0 Å². The molecule has 1 aromatic carbocycles. The summed E-state index contributed by atoms with van der Waals surface area (Å²) in [5.41, 5.74) is 0.297. The van der Waals surface area contributed by atoms with E-state index in [4.69, 9.17) is 4.74 Å². The van der Waals surface area contributed by atoms with Gasteiger partial charge in [0, 0.05) is 24.9 Å². The van der Waals surface area contributed by atoms with Gasteiger partial charge < -0.3 is 9.47 Å². The molecule has 0 amide bonds. The Kier molecular flexibility index (Phi) is 3.64. The summed E-state index contributed by atoms with van der Waals surface area (Å²) in [7, 11) is 1.72. The molecule has 0 atom stereocenters. The second kappa shape index (κ2) is 5.21. The first kappa shape index (κ1) is 13.3. The molecule has 0 fully saturated rings. The Bertz CT molecular complexity index is 552. The molecular weight excluding hydrogens is 261 g/mol. The van der Waals surface area contributed by atoms with Crippen molar-refractivity contribution >= 4 is 0 Å². The molecule has 7 heteroatoms. The molecule has 2 aromatic rings. The van der Waals surface area contributed by atoms with Crippen LogP contribution in [0.5, 0.6) is 11.6 Å². The van der Waals surface area contributed by atoms with E-state index in [-0.39, 0.29) is 12.4 Å². The van der Waals surface area contributed by atoms with Crippen LogP contribution in [0.4, 0.5) is 13.2 Å². The predicted molar refractivity (Wildman–Crippen MR) is 60.7 cm³/mol. The van der Waals surface area contributed by atoms with Crippen molar-refractivity contribution in [2.45, 2.75) is 13.0 Å². The molecule has 19 heavy (non-hydrogen) atoms. The van der Waals surface area contributed by atoms with E-state index in [2.05, 4.69) is 9.84 Å². The lowest BCUT2D eigenvalue weighted by Crippen LogP contribution is -2.18. The summed E-state index contributed by atoms with van der Waals surface area (Å²) in [5, 5.41) is 3.96. The van der Waals surface area contributed by atoms with Gasteiger partial charge in [-0.25, -0.2) is 0 Å². The Hall–Kier alpha value is -2.18. The molecule has 2 rings (SSSR count). The summed E-state index contributed by atoms with van der Waals surface area (Å²) < 4.78 is 47.4. The van der Waals surface area contributed by atoms with Crippen molar-refractivity contribution in [3.05, 3.63) is 42.1 Å². The topological polar surface area (TPSA) is 36.3 Å². The van der Waals surface area contributed by atoms with E-state index in [1.807, 2.05) is 0 Å². The maximum Gasteiger partial charge on any atom is 0.573 e. The van der Waals surface area contributed by atoms with Gasteiger partial charge in [-0.3, -0.25) is 4.68 Å². The highest BCUT2D eigenvalue weighted by Gasteiger charge is 2.32. The number of aryl methyl sites for hydroxylation is 1. The summed E-state index contributed by atoms with van der Waals surface area (Å²) >= 11 is 0. The SMILES string of the molecule is Cn1ccc(OCc2ccccc2OC(F)(F)F)n1. The van der Waals surface area contributed by atoms with Gasteiger partial charge in [-0.2, -0.15) is 0 Å². The lowest BCUT2D eigenvalue weighted by atomic mass is 10.2. The van der Waals surface area contributed by atoms with E-state index < -0.39 is 6.36 Å². The molecule has 1 aromatic heterocycles. The van der Waals surface area contributed by atoms with Crippen molar-refractivity contribution in [2.24, 2.45) is 7.05 Å². The molecule has 0 radical (unpaired) electrons. The van der Waals surface area contributed by atoms with Crippen LogP contribution in [-0.4, -0.2) is 16.1 Å². The number of aromatic nitrogens is 2. The standard InChI is InChI=1S/C12H11F3N2O2/c1-17-7-6-11(16-17)18-8-9-4-2-3-5-10(9)19-12(13,14)15/h2-7H,8H2,1H3. The lowest BCUT2D eigenvalue weighted by molar-refractivity contribution is -0.275. The molecule has 102 valence electrons. The van der Waals surface area contributed by atoms with Crippen molar-refractivity contribution in [3.8, 4) is 11.6 Å². The molecule has 0 aliphatic rings. The third kappa shape index (κ3) is 3.90. The number of hydrogen-bond acceptors (Lipinski definition) is 3. The Morgan fingerprint density at radius 2 is 1.95 bits per heavy atom. The quantitative estimate of drug-likeness (QED) is 0.858. The van der Waals surface area contributed by atoms with E-state index in [0.717, 1.165) is 0 Å². The van der Waals surface area contributed by atoms with Gasteiger partial charge in [0.15, 0.2) is 0 Å². The predicted octanol–water partition coefficient (Wildman–Crippen LogP) is 2.90. The van der Waals surface area contributed by atoms with Crippen LogP contribution in [0.3, 0.4) is 0 Å². The maximum absolute atomic E-state index is 12.2. The average Bonchev–Trinajstić information content (AvgIpc) is 2.72. The number of ether oxygens (including phenoxy) is 2. The molecule has 0 spiro atoms. The zero-order valence-electron chi connectivity index (χ0n) is 10.0. The first-order valence-electron chi connectivity index (χ1n) is 5.40. The monoisotopic (exact) mass is 272 g/mol. The van der Waals surface area contributed by atoms with Gasteiger partial charge >= 0.3 is 6.36 Å². The van der Waals surface area contributed by atoms with E-state index >= 15 is 0 Å². The third-order valence-electron chi connectivity index (χ3n) is 2.26. The summed E-state index contributed by atoms with van der Waals surface area (Å²) in [5.74, 6) is 0.0650. The molecular formula is C12H11F3N2O2. The second-order valence-electron chi connectivity index (χ2n) is 3.77. The third-order valence-corrected chi connectivity index (χ3v) is 2.26. The highest BCUT2D eigenvalue weighted by molar-refractivity contribution is 5.33. The fraction of sp³-hybridized carbons (Fsp3) is 0.250. The molecule has 0 aliphatic heterocycles. The Labute approximate surface area is 107 Å². The Morgan fingerprint density at radius 1 is 1.21 bits per heavy atom. The van der Waals surface area contributed by atoms with Crippen molar-refractivity contribution in [1.82, 2.24) is 9.78 Å². The van der Waals surface area contributed by atoms with Crippen molar-refractivity contribution in [1.29, 1.82) is 0 Å². The van der Waals surface area contributed by atoms with Crippen LogP contribution >= 0.6 is 0 Å². The molecule has 0 aliphatic carbocycles. The zero-order chi connectivity index (χ0) is 13.9. The van der Waals surface area contributed by atoms with Gasteiger partial charge in [-0.05, 0) is 6.07 Å². The van der Waals surface area contributed by atoms with Crippen molar-refractivity contribution < 1.29 is 22.6 Å². The van der Waals surface area contributed by atoms with Crippen LogP contribution in [0.25, 0.3) is 0 Å². The fourth-order valence-electron chi connectivity index (χ4n) is 1.47. The van der Waals surface area contributed by atoms with Crippen LogP contribution in [-0.2, 0) is 13.7 Å². The first-order valence-corrected chi connectivity index (χ1v) is 5.40. The highest BCUT2D eigenvalue weighted by Crippen LogP contribution is 2.26. The van der Waals surface area contributed by atoms with Crippen LogP contribution in [0.2, 0.25) is 0 Å². The summed E-state index contributed by atoms with van der Waals surface area (Å²) in [4.78, 5) is 0. The Balaban J connectivity index is 2.07. The number of para-hydroxylation sites is 1. The van der Waals surface area contributed by atoms with Gasteiger partial charge in [-0.15, -0.1) is 18.3 Å². The molecule has 4 nitrogen and oxygen atoms in total. The second-order valence-corrected chi connectivity index (χ2v) is 3.77. The number of benzene rings is 1. The number of alkyl halides is 3. The van der Waals surface area contributed by atoms with Crippen LogP contribution in [0, 0.1) is 0 Å². The van der Waals surface area contributed by atoms with Crippen molar-refractivity contribution in [2.75, 3.05) is 0 Å². The van der Waals surface area contributed by atoms with Gasteiger partial charge in [0.2, 0.25) is 5.88 Å². The molecule has 0 bridgehead atoms. The molecule has 0 unspecified atom stereocenters. The fourth-order valence-corrected chi connectivity index (χ4v) is 1.47. The van der Waals surface area contributed by atoms with E-state index in [1.165, 1.54) is 22.9 Å². The van der Waals surface area contributed by atoms with Crippen LogP contribution < -0.4 is 9.47 Å². The minimum Gasteiger partial charge on any atom is -0.472 e. The first-order chi connectivity index (χ1) is 8.94. The summed E-state index contributed by atoms with van der Waals surface area (Å²) in [6, 6.07) is 7.44. The van der Waals surface area contributed by atoms with Crippen molar-refractivity contribution in [3.63, 3.8) is 0 Å². The van der Waals surface area contributed by atoms with Gasteiger partial charge in [0.05, 0.1) is 0 Å². The zero-order valence-corrected chi connectivity index (χ0v) is 10.0. The average molecular weight is 272 g/mol. The molecule has 0 saturated heterocycles. The molecule has 0 saturated carbocycles. The van der Waals surface area contributed by atoms with Gasteiger partial charge in [0.1, 0.15) is 12.4 Å². The maximum atomic E-state index is 12.2. The lowest BCUT2D eigenvalue weighted by Gasteiger charge is -2.12. The smallest absolute Gasteiger partial charge is 0.472 e. The van der Waals surface area contributed by atoms with Crippen LogP contribution in [0.1, 0.15) is 5.56 Å². The minimum atomic E-state index is -4.72. The summed E-state index contributed by atoms with van der Waals surface area (Å²) in [6.07, 6.45) is -3.05.